The van der Waals surface area contributed by atoms with E-state index in [0.717, 1.165) is 11.0 Å². The molecule has 15 heteroatoms. The van der Waals surface area contributed by atoms with E-state index in [1.165, 1.54) is 24.8 Å². The number of halogens is 6. The molecule has 34 heavy (non-hydrogen) atoms. The largest absolute Gasteiger partial charge is 0.461 e. The molecule has 1 atom stereocenters. The summed E-state index contributed by atoms with van der Waals surface area (Å²) in [7, 11) is -1.57. The Balaban J connectivity index is 2.21. The number of esters is 1. The SMILES string of the molecule is C=S(C)(=O)c1nc(C(=O)OCC)c(-n2cnc(-c3cc(C(F)(F)F)cc(C(F)(F)F)c3)n2)n1C. The molecule has 0 aliphatic rings. The van der Waals surface area contributed by atoms with Crippen molar-refractivity contribution in [1.82, 2.24) is 24.3 Å². The molecule has 0 fully saturated rings. The number of carbonyl (C=O) groups is 1. The molecule has 0 bridgehead atoms. The van der Waals surface area contributed by atoms with Crippen LogP contribution in [0.25, 0.3) is 17.2 Å². The summed E-state index contributed by atoms with van der Waals surface area (Å²) in [5, 5.41) is 3.84. The Morgan fingerprint density at radius 2 is 1.68 bits per heavy atom. The van der Waals surface area contributed by atoms with Gasteiger partial charge in [0.05, 0.1) is 17.7 Å². The number of imidazole rings is 1. The predicted octanol–water partition coefficient (Wildman–Crippen LogP) is 3.59. The smallest absolute Gasteiger partial charge is 0.416 e. The fourth-order valence-electron chi connectivity index (χ4n) is 3.04. The molecule has 0 N–H and O–H groups in total. The van der Waals surface area contributed by atoms with Crippen LogP contribution >= 0.6 is 0 Å². The lowest BCUT2D eigenvalue weighted by atomic mass is 10.0. The van der Waals surface area contributed by atoms with Gasteiger partial charge >= 0.3 is 18.3 Å². The van der Waals surface area contributed by atoms with E-state index in [1.807, 2.05) is 0 Å². The summed E-state index contributed by atoms with van der Waals surface area (Å²) < 4.78 is 98.7. The van der Waals surface area contributed by atoms with Crippen LogP contribution in [0.2, 0.25) is 0 Å². The number of ether oxygens (including phenoxy) is 1. The molecule has 3 aromatic rings. The van der Waals surface area contributed by atoms with Gasteiger partial charge in [-0.25, -0.2) is 19.4 Å². The van der Waals surface area contributed by atoms with Gasteiger partial charge in [-0.3, -0.25) is 4.21 Å². The second kappa shape index (κ2) is 8.45. The Hall–Kier alpha value is -3.36. The van der Waals surface area contributed by atoms with E-state index in [-0.39, 0.29) is 29.3 Å². The number of aromatic nitrogens is 5. The lowest BCUT2D eigenvalue weighted by molar-refractivity contribution is -0.143. The van der Waals surface area contributed by atoms with Crippen LogP contribution < -0.4 is 0 Å². The van der Waals surface area contributed by atoms with Crippen molar-refractivity contribution in [3.63, 3.8) is 0 Å². The molecule has 0 radical (unpaired) electrons. The lowest BCUT2D eigenvalue weighted by Gasteiger charge is -2.13. The molecular weight excluding hydrogens is 492 g/mol. The van der Waals surface area contributed by atoms with Crippen molar-refractivity contribution in [1.29, 1.82) is 0 Å². The molecule has 2 heterocycles. The molecule has 0 aliphatic carbocycles. The minimum atomic E-state index is -5.05. The predicted molar refractivity (Wildman–Crippen MR) is 109 cm³/mol. The number of hydrogen-bond acceptors (Lipinski definition) is 6. The van der Waals surface area contributed by atoms with Gasteiger partial charge in [-0.15, -0.1) is 5.10 Å². The molecule has 0 saturated carbocycles. The topological polar surface area (TPSA) is 91.9 Å². The monoisotopic (exact) mass is 509 g/mol. The molecule has 1 aromatic carbocycles. The number of carbonyl (C=O) groups excluding carboxylic acids is 1. The van der Waals surface area contributed by atoms with Crippen LogP contribution in [0.3, 0.4) is 0 Å². The van der Waals surface area contributed by atoms with Crippen molar-refractivity contribution < 1.29 is 40.1 Å². The van der Waals surface area contributed by atoms with Crippen LogP contribution in [0.4, 0.5) is 26.3 Å². The molecule has 2 aromatic heterocycles. The number of hydrogen-bond donors (Lipinski definition) is 0. The van der Waals surface area contributed by atoms with Crippen LogP contribution in [0.15, 0.2) is 29.7 Å². The van der Waals surface area contributed by atoms with Gasteiger partial charge in [-0.1, -0.05) is 0 Å². The first kappa shape index (κ1) is 25.3. The Labute approximate surface area is 189 Å². The fourth-order valence-corrected chi connectivity index (χ4v) is 3.99. The van der Waals surface area contributed by atoms with Gasteiger partial charge in [-0.2, -0.15) is 26.3 Å². The van der Waals surface area contributed by atoms with E-state index in [9.17, 15) is 35.3 Å². The van der Waals surface area contributed by atoms with Crippen LogP contribution in [0.1, 0.15) is 28.5 Å². The van der Waals surface area contributed by atoms with Crippen LogP contribution in [0, 0.1) is 0 Å². The first-order valence-corrected chi connectivity index (χ1v) is 11.5. The van der Waals surface area contributed by atoms with Gasteiger partial charge in [0.1, 0.15) is 6.33 Å². The third kappa shape index (κ3) is 4.93. The zero-order valence-electron chi connectivity index (χ0n) is 17.9. The second-order valence-corrected chi connectivity index (χ2v) is 9.53. The maximum Gasteiger partial charge on any atom is 0.416 e. The molecular formula is C19H17F6N5O3S. The number of benzene rings is 1. The van der Waals surface area contributed by atoms with Gasteiger partial charge in [0.2, 0.25) is 0 Å². The van der Waals surface area contributed by atoms with Crippen molar-refractivity contribution in [2.75, 3.05) is 12.9 Å². The number of rotatable bonds is 5. The van der Waals surface area contributed by atoms with Crippen molar-refractivity contribution >= 4 is 21.4 Å². The van der Waals surface area contributed by atoms with Crippen molar-refractivity contribution in [3.05, 3.63) is 41.3 Å². The first-order valence-electron chi connectivity index (χ1n) is 9.32. The lowest BCUT2D eigenvalue weighted by Crippen LogP contribution is -2.13. The fraction of sp³-hybridized carbons (Fsp3) is 0.316. The normalized spacial score (nSPS) is 14.1. The Bertz CT molecular complexity index is 1320. The van der Waals surface area contributed by atoms with Crippen molar-refractivity contribution in [2.24, 2.45) is 7.05 Å². The Morgan fingerprint density at radius 3 is 2.15 bits per heavy atom. The average Bonchev–Trinajstić information content (AvgIpc) is 3.30. The molecule has 0 spiro atoms. The minimum Gasteiger partial charge on any atom is -0.461 e. The summed E-state index contributed by atoms with van der Waals surface area (Å²) in [5.41, 5.74) is -3.97. The third-order valence-corrected chi connectivity index (χ3v) is 5.57. The highest BCUT2D eigenvalue weighted by Gasteiger charge is 2.37. The van der Waals surface area contributed by atoms with E-state index < -0.39 is 50.4 Å². The quantitative estimate of drug-likeness (QED) is 0.297. The van der Waals surface area contributed by atoms with Gasteiger partial charge < -0.3 is 9.30 Å². The molecule has 8 nitrogen and oxygen atoms in total. The van der Waals surface area contributed by atoms with E-state index in [2.05, 4.69) is 20.9 Å². The summed E-state index contributed by atoms with van der Waals surface area (Å²) in [6.45, 7) is 1.51. The Morgan fingerprint density at radius 1 is 1.12 bits per heavy atom. The van der Waals surface area contributed by atoms with E-state index in [1.54, 1.807) is 0 Å². The maximum absolute atomic E-state index is 13.2. The van der Waals surface area contributed by atoms with Gasteiger partial charge in [0.25, 0.3) is 0 Å². The van der Waals surface area contributed by atoms with Crippen LogP contribution in [-0.4, -0.2) is 53.2 Å². The average molecular weight is 509 g/mol. The van der Waals surface area contributed by atoms with Crippen LogP contribution in [0.5, 0.6) is 0 Å². The third-order valence-electron chi connectivity index (χ3n) is 4.43. The summed E-state index contributed by atoms with van der Waals surface area (Å²) in [6.07, 6.45) is -7.88. The zero-order valence-corrected chi connectivity index (χ0v) is 18.7. The summed E-state index contributed by atoms with van der Waals surface area (Å²) in [6, 6.07) is 0.939. The maximum atomic E-state index is 13.2. The number of alkyl halides is 6. The highest BCUT2D eigenvalue weighted by Crippen LogP contribution is 2.38. The Kier molecular flexibility index (Phi) is 6.28. The summed E-state index contributed by atoms with van der Waals surface area (Å²) >= 11 is 0. The first-order chi connectivity index (χ1) is 15.5. The summed E-state index contributed by atoms with van der Waals surface area (Å²) in [4.78, 5) is 20.2. The van der Waals surface area contributed by atoms with E-state index >= 15 is 0 Å². The molecule has 0 amide bonds. The molecule has 184 valence electrons. The van der Waals surface area contributed by atoms with E-state index in [4.69, 9.17) is 4.74 Å². The molecule has 3 rings (SSSR count). The van der Waals surface area contributed by atoms with E-state index in [0.29, 0.717) is 12.1 Å². The molecule has 0 aliphatic heterocycles. The standard InChI is InChI=1S/C19H17F6N5O3S/c1-5-33-16(31)13-15(29(2)17(27-13)34(3,4)32)30-9-26-14(28-30)10-6-11(18(20,21)22)8-12(7-10)19(23,24)25/h6-9H,3,5H2,1-2,4H3. The van der Waals surface area contributed by atoms with Crippen molar-refractivity contribution in [2.45, 2.75) is 24.4 Å². The molecule has 0 saturated heterocycles. The second-order valence-electron chi connectivity index (χ2n) is 7.16. The summed E-state index contributed by atoms with van der Waals surface area (Å²) in [5.74, 6) is 1.99. The van der Waals surface area contributed by atoms with Gasteiger partial charge in [0.15, 0.2) is 22.5 Å². The van der Waals surface area contributed by atoms with Crippen molar-refractivity contribution in [3.8, 4) is 17.2 Å². The van der Waals surface area contributed by atoms with Gasteiger partial charge in [0, 0.05) is 28.4 Å². The highest BCUT2D eigenvalue weighted by atomic mass is 32.2. The zero-order chi connectivity index (χ0) is 25.6. The van der Waals surface area contributed by atoms with Crippen LogP contribution in [-0.2, 0) is 33.7 Å². The molecule has 1 unspecified atom stereocenters. The highest BCUT2D eigenvalue weighted by molar-refractivity contribution is 7.99. The minimum absolute atomic E-state index is 0.0150. The number of nitrogens with zero attached hydrogens (tertiary/aromatic N) is 5. The van der Waals surface area contributed by atoms with Gasteiger partial charge in [-0.05, 0) is 31.0 Å².